The van der Waals surface area contributed by atoms with E-state index in [1.807, 2.05) is 0 Å². The number of hydrogen-bond donors (Lipinski definition) is 0. The maximum Gasteiger partial charge on any atom is 0.146 e. The standard InChI is InChI=1S/C12H16ClIN2/c1-4-5-8-9(14)10(13)16-11(15-8)7-6-12(7,2)3/h7H,4-6H2,1-3H3. The van der Waals surface area contributed by atoms with Crippen molar-refractivity contribution in [3.63, 3.8) is 0 Å². The smallest absolute Gasteiger partial charge is 0.146 e. The number of halogens is 2. The summed E-state index contributed by atoms with van der Waals surface area (Å²) in [6.45, 7) is 6.67. The average Bonchev–Trinajstić information content (AvgIpc) is 2.83. The van der Waals surface area contributed by atoms with E-state index in [1.165, 1.54) is 6.42 Å². The Hall–Kier alpha value is 0.100. The predicted molar refractivity (Wildman–Crippen MR) is 74.9 cm³/mol. The van der Waals surface area contributed by atoms with E-state index in [0.717, 1.165) is 27.9 Å². The summed E-state index contributed by atoms with van der Waals surface area (Å²) in [5, 5.41) is 0.622. The van der Waals surface area contributed by atoms with E-state index < -0.39 is 0 Å². The van der Waals surface area contributed by atoms with E-state index in [0.29, 0.717) is 16.5 Å². The molecule has 1 fully saturated rings. The summed E-state index contributed by atoms with van der Waals surface area (Å²) in [5.41, 5.74) is 1.47. The van der Waals surface area contributed by atoms with Crippen LogP contribution in [0.1, 0.15) is 51.0 Å². The number of hydrogen-bond acceptors (Lipinski definition) is 2. The third-order valence-electron chi connectivity index (χ3n) is 3.21. The quantitative estimate of drug-likeness (QED) is 0.603. The van der Waals surface area contributed by atoms with Gasteiger partial charge in [-0.1, -0.05) is 38.8 Å². The van der Waals surface area contributed by atoms with Crippen LogP contribution in [0.3, 0.4) is 0 Å². The second-order valence-electron chi connectivity index (χ2n) is 5.13. The molecule has 2 nitrogen and oxygen atoms in total. The molecule has 1 aliphatic rings. The van der Waals surface area contributed by atoms with E-state index in [9.17, 15) is 0 Å². The van der Waals surface area contributed by atoms with Gasteiger partial charge in [0.2, 0.25) is 0 Å². The van der Waals surface area contributed by atoms with E-state index in [2.05, 4.69) is 53.3 Å². The van der Waals surface area contributed by atoms with Gasteiger partial charge in [0.1, 0.15) is 11.0 Å². The Morgan fingerprint density at radius 1 is 1.44 bits per heavy atom. The van der Waals surface area contributed by atoms with Gasteiger partial charge in [-0.2, -0.15) is 0 Å². The lowest BCUT2D eigenvalue weighted by Gasteiger charge is -2.08. The molecule has 0 saturated heterocycles. The molecule has 1 atom stereocenters. The minimum atomic E-state index is 0.361. The zero-order valence-electron chi connectivity index (χ0n) is 9.85. The van der Waals surface area contributed by atoms with Crippen molar-refractivity contribution in [1.29, 1.82) is 0 Å². The van der Waals surface area contributed by atoms with Crippen LogP contribution in [0.25, 0.3) is 0 Å². The van der Waals surface area contributed by atoms with Crippen molar-refractivity contribution < 1.29 is 0 Å². The highest BCUT2D eigenvalue weighted by Gasteiger charge is 2.48. The van der Waals surface area contributed by atoms with E-state index in [1.54, 1.807) is 0 Å². The Morgan fingerprint density at radius 2 is 2.06 bits per heavy atom. The van der Waals surface area contributed by atoms with Gasteiger partial charge < -0.3 is 0 Å². The van der Waals surface area contributed by atoms with Gasteiger partial charge in [0.25, 0.3) is 0 Å². The largest absolute Gasteiger partial charge is 0.236 e. The van der Waals surface area contributed by atoms with Crippen molar-refractivity contribution in [2.75, 3.05) is 0 Å². The molecule has 88 valence electrons. The molecule has 0 amide bonds. The topological polar surface area (TPSA) is 25.8 Å². The fourth-order valence-corrected chi connectivity index (χ4v) is 2.65. The van der Waals surface area contributed by atoms with Crippen molar-refractivity contribution in [3.05, 3.63) is 20.2 Å². The fraction of sp³-hybridized carbons (Fsp3) is 0.667. The first-order valence-electron chi connectivity index (χ1n) is 5.67. The molecule has 1 unspecified atom stereocenters. The van der Waals surface area contributed by atoms with E-state index in [4.69, 9.17) is 11.6 Å². The SMILES string of the molecule is CCCc1nc(C2CC2(C)C)nc(Cl)c1I. The maximum atomic E-state index is 6.16. The Labute approximate surface area is 115 Å². The Morgan fingerprint density at radius 3 is 2.56 bits per heavy atom. The molecule has 2 rings (SSSR count). The molecule has 1 aliphatic carbocycles. The van der Waals surface area contributed by atoms with Crippen LogP contribution in [0.5, 0.6) is 0 Å². The molecule has 1 saturated carbocycles. The summed E-state index contributed by atoms with van der Waals surface area (Å²) in [5.74, 6) is 1.44. The Kier molecular flexibility index (Phi) is 3.46. The zero-order valence-corrected chi connectivity index (χ0v) is 12.8. The van der Waals surface area contributed by atoms with Crippen LogP contribution in [-0.2, 0) is 6.42 Å². The van der Waals surface area contributed by atoms with E-state index in [-0.39, 0.29) is 0 Å². The molecular weight excluding hydrogens is 335 g/mol. The van der Waals surface area contributed by atoms with Gasteiger partial charge in [-0.15, -0.1) is 0 Å². The first kappa shape index (κ1) is 12.6. The summed E-state index contributed by atoms with van der Waals surface area (Å²) < 4.78 is 1.02. The number of aryl methyl sites for hydroxylation is 1. The highest BCUT2D eigenvalue weighted by Crippen LogP contribution is 2.57. The van der Waals surface area contributed by atoms with Crippen LogP contribution in [0.4, 0.5) is 0 Å². The summed E-state index contributed by atoms with van der Waals surface area (Å²) in [6.07, 6.45) is 3.26. The summed E-state index contributed by atoms with van der Waals surface area (Å²) >= 11 is 8.40. The van der Waals surface area contributed by atoms with Crippen molar-refractivity contribution in [2.24, 2.45) is 5.41 Å². The second kappa shape index (κ2) is 4.41. The maximum absolute atomic E-state index is 6.16. The van der Waals surface area contributed by atoms with Crippen molar-refractivity contribution in [1.82, 2.24) is 9.97 Å². The van der Waals surface area contributed by atoms with Crippen LogP contribution in [-0.4, -0.2) is 9.97 Å². The van der Waals surface area contributed by atoms with Gasteiger partial charge in [0.15, 0.2) is 0 Å². The van der Waals surface area contributed by atoms with Gasteiger partial charge in [-0.3, -0.25) is 0 Å². The molecule has 16 heavy (non-hydrogen) atoms. The van der Waals surface area contributed by atoms with Crippen LogP contribution in [0.2, 0.25) is 5.15 Å². The lowest BCUT2D eigenvalue weighted by atomic mass is 10.1. The van der Waals surface area contributed by atoms with Crippen molar-refractivity contribution in [3.8, 4) is 0 Å². The molecule has 1 aromatic rings. The van der Waals surface area contributed by atoms with Gasteiger partial charge in [-0.25, -0.2) is 9.97 Å². The lowest BCUT2D eigenvalue weighted by Crippen LogP contribution is -2.04. The lowest BCUT2D eigenvalue weighted by molar-refractivity contribution is 0.606. The summed E-state index contributed by atoms with van der Waals surface area (Å²) in [4.78, 5) is 9.10. The molecule has 0 aliphatic heterocycles. The average molecular weight is 351 g/mol. The minimum Gasteiger partial charge on any atom is -0.236 e. The van der Waals surface area contributed by atoms with Crippen molar-refractivity contribution >= 4 is 34.2 Å². The van der Waals surface area contributed by atoms with Gasteiger partial charge in [0.05, 0.1) is 9.26 Å². The van der Waals surface area contributed by atoms with Crippen LogP contribution in [0.15, 0.2) is 0 Å². The minimum absolute atomic E-state index is 0.361. The molecule has 1 aromatic heterocycles. The van der Waals surface area contributed by atoms with Gasteiger partial charge >= 0.3 is 0 Å². The normalized spacial score (nSPS) is 22.2. The molecule has 0 N–H and O–H groups in total. The third kappa shape index (κ3) is 2.35. The summed E-state index contributed by atoms with van der Waals surface area (Å²) in [7, 11) is 0. The number of aromatic nitrogens is 2. The van der Waals surface area contributed by atoms with E-state index >= 15 is 0 Å². The Balaban J connectivity index is 2.34. The second-order valence-corrected chi connectivity index (χ2v) is 6.57. The molecule has 0 spiro atoms. The highest BCUT2D eigenvalue weighted by atomic mass is 127. The van der Waals surface area contributed by atoms with Gasteiger partial charge in [0, 0.05) is 5.92 Å². The first-order chi connectivity index (χ1) is 7.45. The monoisotopic (exact) mass is 350 g/mol. The molecule has 4 heteroatoms. The first-order valence-corrected chi connectivity index (χ1v) is 7.13. The Bertz CT molecular complexity index is 418. The zero-order chi connectivity index (χ0) is 11.9. The molecule has 0 bridgehead atoms. The van der Waals surface area contributed by atoms with Crippen LogP contribution in [0, 0.1) is 8.99 Å². The van der Waals surface area contributed by atoms with Crippen molar-refractivity contribution in [2.45, 2.75) is 46.0 Å². The molecule has 0 radical (unpaired) electrons. The molecular formula is C12H16ClIN2. The predicted octanol–water partition coefficient (Wildman–Crippen LogP) is 4.20. The van der Waals surface area contributed by atoms with Crippen LogP contribution >= 0.6 is 34.2 Å². The highest BCUT2D eigenvalue weighted by molar-refractivity contribution is 14.1. The molecule has 0 aromatic carbocycles. The number of rotatable bonds is 3. The van der Waals surface area contributed by atoms with Gasteiger partial charge in [-0.05, 0) is 40.8 Å². The number of nitrogens with zero attached hydrogens (tertiary/aromatic N) is 2. The molecule has 1 heterocycles. The third-order valence-corrected chi connectivity index (χ3v) is 4.93. The fourth-order valence-electron chi connectivity index (χ4n) is 1.95. The summed E-state index contributed by atoms with van der Waals surface area (Å²) in [6, 6.07) is 0. The van der Waals surface area contributed by atoms with Crippen LogP contribution < -0.4 is 0 Å².